The zero-order chi connectivity index (χ0) is 26.3. The van der Waals surface area contributed by atoms with Gasteiger partial charge in [0.05, 0.1) is 27.3 Å². The van der Waals surface area contributed by atoms with Crippen molar-refractivity contribution in [3.05, 3.63) is 53.1 Å². The third kappa shape index (κ3) is 6.58. The summed E-state index contributed by atoms with van der Waals surface area (Å²) in [5.74, 6) is -0.309. The summed E-state index contributed by atoms with van der Waals surface area (Å²) >= 11 is 7.46. The molecular formula is C24H25ClN6O3S2. The molecule has 0 radical (unpaired) electrons. The van der Waals surface area contributed by atoms with E-state index in [9.17, 15) is 13.2 Å². The number of nitriles is 2. The number of carbonyl (C=O) groups is 1. The van der Waals surface area contributed by atoms with Gasteiger partial charge in [0.2, 0.25) is 10.0 Å². The predicted molar refractivity (Wildman–Crippen MR) is 141 cm³/mol. The number of nitrogens with zero attached hydrogens (tertiary/aromatic N) is 6. The molecule has 188 valence electrons. The Morgan fingerprint density at radius 3 is 2.22 bits per heavy atom. The number of amides is 1. The Hall–Kier alpha value is -3.06. The van der Waals surface area contributed by atoms with Crippen molar-refractivity contribution in [2.24, 2.45) is 0 Å². The molecule has 0 aliphatic heterocycles. The van der Waals surface area contributed by atoms with Crippen LogP contribution in [0.25, 0.3) is 10.2 Å². The van der Waals surface area contributed by atoms with Crippen LogP contribution in [-0.4, -0.2) is 68.8 Å². The van der Waals surface area contributed by atoms with E-state index >= 15 is 0 Å². The number of anilines is 1. The number of sulfonamides is 1. The fourth-order valence-corrected chi connectivity index (χ4v) is 6.07. The molecular weight excluding hydrogens is 520 g/mol. The highest BCUT2D eigenvalue weighted by Gasteiger charge is 2.26. The SMILES string of the molecule is CN(C)CCN(C(=O)c1ccc(S(=O)(=O)N(CCC#N)CCC#N)cc1)c1nc2ccc(Cl)cc2s1. The van der Waals surface area contributed by atoms with Crippen LogP contribution >= 0.6 is 22.9 Å². The molecule has 0 N–H and O–H groups in total. The topological polar surface area (TPSA) is 121 Å². The minimum absolute atomic E-state index is 0.00937. The minimum Gasteiger partial charge on any atom is -0.308 e. The van der Waals surface area contributed by atoms with Crippen molar-refractivity contribution in [2.45, 2.75) is 17.7 Å². The number of hydrogen-bond donors (Lipinski definition) is 0. The molecule has 36 heavy (non-hydrogen) atoms. The van der Waals surface area contributed by atoms with E-state index in [1.54, 1.807) is 23.1 Å². The molecule has 0 bridgehead atoms. The lowest BCUT2D eigenvalue weighted by atomic mass is 10.2. The van der Waals surface area contributed by atoms with E-state index < -0.39 is 10.0 Å². The quantitative estimate of drug-likeness (QED) is 0.358. The predicted octanol–water partition coefficient (Wildman–Crippen LogP) is 3.98. The molecule has 0 spiro atoms. The fraction of sp³-hybridized carbons (Fsp3) is 0.333. The second kappa shape index (κ2) is 12.3. The van der Waals surface area contributed by atoms with Gasteiger partial charge in [-0.05, 0) is 56.6 Å². The molecule has 3 aromatic rings. The smallest absolute Gasteiger partial charge is 0.260 e. The summed E-state index contributed by atoms with van der Waals surface area (Å²) in [6.07, 6.45) is 0.0187. The molecule has 0 unspecified atom stereocenters. The number of carbonyl (C=O) groups excluding carboxylic acids is 1. The fourth-order valence-electron chi connectivity index (χ4n) is 3.36. The van der Waals surface area contributed by atoms with Crippen molar-refractivity contribution in [3.8, 4) is 12.1 Å². The van der Waals surface area contributed by atoms with Crippen molar-refractivity contribution in [1.29, 1.82) is 10.5 Å². The molecule has 2 aromatic carbocycles. The molecule has 0 fully saturated rings. The van der Waals surface area contributed by atoms with E-state index in [-0.39, 0.29) is 36.7 Å². The van der Waals surface area contributed by atoms with Crippen molar-refractivity contribution < 1.29 is 13.2 Å². The Labute approximate surface area is 219 Å². The van der Waals surface area contributed by atoms with Crippen LogP contribution in [0.4, 0.5) is 5.13 Å². The third-order valence-electron chi connectivity index (χ3n) is 5.27. The van der Waals surface area contributed by atoms with Gasteiger partial charge in [-0.3, -0.25) is 9.69 Å². The number of aromatic nitrogens is 1. The van der Waals surface area contributed by atoms with E-state index in [0.717, 1.165) is 14.5 Å². The van der Waals surface area contributed by atoms with Crippen LogP contribution in [0.2, 0.25) is 5.02 Å². The highest BCUT2D eigenvalue weighted by atomic mass is 35.5. The summed E-state index contributed by atoms with van der Waals surface area (Å²) in [5.41, 5.74) is 1.05. The lowest BCUT2D eigenvalue weighted by Crippen LogP contribution is -2.36. The van der Waals surface area contributed by atoms with Crippen LogP contribution in [-0.2, 0) is 10.0 Å². The Morgan fingerprint density at radius 1 is 1.00 bits per heavy atom. The van der Waals surface area contributed by atoms with Crippen LogP contribution < -0.4 is 4.90 Å². The molecule has 0 aliphatic carbocycles. The van der Waals surface area contributed by atoms with Gasteiger partial charge in [0, 0.05) is 49.6 Å². The molecule has 1 aromatic heterocycles. The molecule has 0 saturated carbocycles. The average Bonchev–Trinajstić information content (AvgIpc) is 3.26. The second-order valence-corrected chi connectivity index (χ2v) is 11.5. The maximum absolute atomic E-state index is 13.5. The van der Waals surface area contributed by atoms with E-state index in [2.05, 4.69) is 4.98 Å². The average molecular weight is 545 g/mol. The Kier molecular flexibility index (Phi) is 9.37. The second-order valence-electron chi connectivity index (χ2n) is 8.11. The monoisotopic (exact) mass is 544 g/mol. The summed E-state index contributed by atoms with van der Waals surface area (Å²) in [5, 5.41) is 18.8. The van der Waals surface area contributed by atoms with Gasteiger partial charge >= 0.3 is 0 Å². The Morgan fingerprint density at radius 2 is 1.64 bits per heavy atom. The first-order chi connectivity index (χ1) is 17.2. The molecule has 12 heteroatoms. The van der Waals surface area contributed by atoms with Gasteiger partial charge in [0.15, 0.2) is 5.13 Å². The van der Waals surface area contributed by atoms with E-state index in [1.165, 1.54) is 35.6 Å². The standard InChI is InChI=1S/C24H25ClN6O3S2/c1-29(2)15-16-31(24-28-21-10-7-19(25)17-22(21)35-24)23(32)18-5-8-20(9-6-18)36(33,34)30(13-3-11-26)14-4-12-27/h5-10,17H,3-4,13-16H2,1-2H3. The lowest BCUT2D eigenvalue weighted by molar-refractivity contribution is 0.0985. The molecule has 9 nitrogen and oxygen atoms in total. The van der Waals surface area contributed by atoms with Gasteiger partial charge in [-0.2, -0.15) is 14.8 Å². The van der Waals surface area contributed by atoms with Crippen LogP contribution in [0.3, 0.4) is 0 Å². The van der Waals surface area contributed by atoms with Crippen molar-refractivity contribution in [3.63, 3.8) is 0 Å². The number of fused-ring (bicyclic) bond motifs is 1. The number of thiazole rings is 1. The first-order valence-electron chi connectivity index (χ1n) is 11.0. The number of rotatable bonds is 11. The summed E-state index contributed by atoms with van der Waals surface area (Å²) in [4.78, 5) is 21.6. The molecule has 0 aliphatic rings. The van der Waals surface area contributed by atoms with Gasteiger partial charge in [0.1, 0.15) is 0 Å². The number of halogens is 1. The van der Waals surface area contributed by atoms with Gasteiger partial charge in [0.25, 0.3) is 5.91 Å². The van der Waals surface area contributed by atoms with Gasteiger partial charge < -0.3 is 4.90 Å². The Bertz CT molecular complexity index is 1390. The summed E-state index contributed by atoms with van der Waals surface area (Å²) in [6, 6.07) is 14.9. The van der Waals surface area contributed by atoms with E-state index in [1.807, 2.05) is 31.1 Å². The zero-order valence-corrected chi connectivity index (χ0v) is 22.3. The van der Waals surface area contributed by atoms with Crippen molar-refractivity contribution in [1.82, 2.24) is 14.2 Å². The molecule has 3 rings (SSSR count). The van der Waals surface area contributed by atoms with Crippen LogP contribution in [0, 0.1) is 22.7 Å². The normalized spacial score (nSPS) is 11.5. The largest absolute Gasteiger partial charge is 0.308 e. The Balaban J connectivity index is 1.90. The van der Waals surface area contributed by atoms with Crippen LogP contribution in [0.1, 0.15) is 23.2 Å². The number of hydrogen-bond acceptors (Lipinski definition) is 8. The van der Waals surface area contributed by atoms with E-state index in [4.69, 9.17) is 22.1 Å². The van der Waals surface area contributed by atoms with Gasteiger partial charge in [-0.1, -0.05) is 22.9 Å². The summed E-state index contributed by atoms with van der Waals surface area (Å²) < 4.78 is 28.1. The molecule has 0 atom stereocenters. The molecule has 1 heterocycles. The minimum atomic E-state index is -3.93. The maximum Gasteiger partial charge on any atom is 0.260 e. The van der Waals surface area contributed by atoms with Gasteiger partial charge in [-0.15, -0.1) is 0 Å². The van der Waals surface area contributed by atoms with Crippen LogP contribution in [0.15, 0.2) is 47.4 Å². The first-order valence-corrected chi connectivity index (χ1v) is 13.7. The summed E-state index contributed by atoms with van der Waals surface area (Å²) in [7, 11) is -0.111. The molecule has 0 saturated heterocycles. The first kappa shape index (κ1) is 27.5. The van der Waals surface area contributed by atoms with E-state index in [0.29, 0.717) is 28.8 Å². The highest BCUT2D eigenvalue weighted by molar-refractivity contribution is 7.89. The number of likely N-dealkylation sites (N-methyl/N-ethyl adjacent to an activating group) is 1. The van der Waals surface area contributed by atoms with Crippen molar-refractivity contribution >= 4 is 54.2 Å². The zero-order valence-electron chi connectivity index (χ0n) is 19.9. The highest BCUT2D eigenvalue weighted by Crippen LogP contribution is 2.31. The van der Waals surface area contributed by atoms with Crippen LogP contribution in [0.5, 0.6) is 0 Å². The molecule has 1 amide bonds. The lowest BCUT2D eigenvalue weighted by Gasteiger charge is -2.22. The third-order valence-corrected chi connectivity index (χ3v) is 8.46. The number of benzene rings is 2. The van der Waals surface area contributed by atoms with Gasteiger partial charge in [-0.25, -0.2) is 13.4 Å². The summed E-state index contributed by atoms with van der Waals surface area (Å²) in [6.45, 7) is 0.958. The maximum atomic E-state index is 13.5. The van der Waals surface area contributed by atoms with Crippen molar-refractivity contribution in [2.75, 3.05) is 45.2 Å².